The molecule has 1 heterocycles. The summed E-state index contributed by atoms with van der Waals surface area (Å²) in [4.78, 5) is 15.1. The molecule has 0 spiro atoms. The Morgan fingerprint density at radius 1 is 1.47 bits per heavy atom. The summed E-state index contributed by atoms with van der Waals surface area (Å²) < 4.78 is 14.2. The number of nitrogens with zero attached hydrogens (tertiary/aromatic N) is 3. The number of hydrogen-bond donors (Lipinski definition) is 3. The minimum Gasteiger partial charge on any atom is -0.380 e. The Bertz CT molecular complexity index is 696. The highest BCUT2D eigenvalue weighted by Gasteiger charge is 2.09. The quantitative estimate of drug-likeness (QED) is 0.744. The first-order valence-corrected chi connectivity index (χ1v) is 5.33. The second kappa shape index (κ2) is 4.84. The van der Waals surface area contributed by atoms with Crippen LogP contribution in [0.1, 0.15) is 11.7 Å². The number of carbonyl (C=O) groups is 1. The van der Waals surface area contributed by atoms with Crippen LogP contribution in [0.3, 0.4) is 0 Å². The maximum atomic E-state index is 13.5. The van der Waals surface area contributed by atoms with Gasteiger partial charge in [0.2, 0.25) is 11.9 Å². The number of nitrogens with one attached hydrogen (secondary N) is 2. The summed E-state index contributed by atoms with van der Waals surface area (Å²) in [5.74, 6) is -1.22. The zero-order chi connectivity index (χ0) is 14.0. The van der Waals surface area contributed by atoms with Crippen molar-refractivity contribution in [2.75, 3.05) is 11.1 Å². The van der Waals surface area contributed by atoms with E-state index in [4.69, 9.17) is 11.1 Å². The van der Waals surface area contributed by atoms with Gasteiger partial charge in [0.25, 0.3) is 0 Å². The van der Waals surface area contributed by atoms with Crippen molar-refractivity contribution in [1.29, 1.82) is 5.41 Å². The van der Waals surface area contributed by atoms with Crippen LogP contribution >= 0.6 is 0 Å². The van der Waals surface area contributed by atoms with Crippen molar-refractivity contribution in [2.24, 2.45) is 0 Å². The predicted octanol–water partition coefficient (Wildman–Crippen LogP) is 0.883. The van der Waals surface area contributed by atoms with Gasteiger partial charge in [0.15, 0.2) is 11.3 Å². The topological polar surface area (TPSA) is 110 Å². The monoisotopic (exact) mass is 262 g/mol. The summed E-state index contributed by atoms with van der Waals surface area (Å²) in [5, 5.41) is 13.9. The molecule has 98 valence electrons. The van der Waals surface area contributed by atoms with E-state index in [1.165, 1.54) is 19.1 Å². The molecule has 4 N–H and O–H groups in total. The van der Waals surface area contributed by atoms with Crippen LogP contribution < -0.4 is 16.5 Å². The number of para-hydroxylation sites is 1. The van der Waals surface area contributed by atoms with E-state index in [9.17, 15) is 9.18 Å². The third-order valence-corrected chi connectivity index (χ3v) is 2.29. The van der Waals surface area contributed by atoms with Crippen molar-refractivity contribution in [3.05, 3.63) is 35.6 Å². The molecule has 0 saturated heterocycles. The van der Waals surface area contributed by atoms with Crippen molar-refractivity contribution in [2.45, 2.75) is 6.92 Å². The Kier molecular flexibility index (Phi) is 3.23. The summed E-state index contributed by atoms with van der Waals surface area (Å²) >= 11 is 0. The Hall–Kier alpha value is -2.77. The lowest BCUT2D eigenvalue weighted by atomic mass is 10.3. The molecule has 1 aromatic heterocycles. The molecule has 0 atom stereocenters. The number of halogens is 1. The molecule has 0 radical (unpaired) electrons. The molecule has 2 rings (SSSR count). The third kappa shape index (κ3) is 2.57. The van der Waals surface area contributed by atoms with E-state index in [-0.39, 0.29) is 22.9 Å². The molecule has 0 aliphatic rings. The number of rotatable bonds is 2. The number of benzene rings is 1. The zero-order valence-electron chi connectivity index (χ0n) is 10.0. The predicted molar refractivity (Wildman–Crippen MR) is 66.3 cm³/mol. The molecular weight excluding hydrogens is 251 g/mol. The van der Waals surface area contributed by atoms with E-state index < -0.39 is 11.7 Å². The molecule has 1 aromatic carbocycles. The van der Waals surface area contributed by atoms with E-state index in [2.05, 4.69) is 15.4 Å². The van der Waals surface area contributed by atoms with Gasteiger partial charge in [0.05, 0.1) is 5.69 Å². The van der Waals surface area contributed by atoms with Gasteiger partial charge in [-0.05, 0) is 12.1 Å². The van der Waals surface area contributed by atoms with Gasteiger partial charge in [-0.15, -0.1) is 5.10 Å². The average molecular weight is 262 g/mol. The molecule has 0 amide bonds. The van der Waals surface area contributed by atoms with Crippen molar-refractivity contribution in [3.63, 3.8) is 0 Å². The first-order valence-electron chi connectivity index (χ1n) is 5.33. The lowest BCUT2D eigenvalue weighted by molar-refractivity contribution is 0.0913. The highest BCUT2D eigenvalue weighted by molar-refractivity contribution is 5.75. The molecule has 2 aromatic rings. The number of nitrogens with two attached hydrogens (primary N) is 1. The van der Waals surface area contributed by atoms with Crippen LogP contribution in [0.5, 0.6) is 0 Å². The Morgan fingerprint density at radius 2 is 2.16 bits per heavy atom. The standard InChI is InChI=1S/C11H11FN6O/c1-6(19)18-10(14)9(13)16-11(17-18)15-8-5-3-2-4-7(8)12/h2-5,14H,1H3,(H3,13,15,16,17). The third-order valence-electron chi connectivity index (χ3n) is 2.29. The highest BCUT2D eigenvalue weighted by Crippen LogP contribution is 2.16. The summed E-state index contributed by atoms with van der Waals surface area (Å²) in [5.41, 5.74) is 5.34. The van der Waals surface area contributed by atoms with E-state index in [0.717, 1.165) is 4.68 Å². The fourth-order valence-corrected chi connectivity index (χ4v) is 1.41. The summed E-state index contributed by atoms with van der Waals surface area (Å²) in [6, 6.07) is 5.93. The fourth-order valence-electron chi connectivity index (χ4n) is 1.41. The van der Waals surface area contributed by atoms with Gasteiger partial charge < -0.3 is 11.1 Å². The number of nitrogen functional groups attached to an aromatic ring is 1. The van der Waals surface area contributed by atoms with Gasteiger partial charge in [0.1, 0.15) is 5.82 Å². The van der Waals surface area contributed by atoms with E-state index in [1.54, 1.807) is 12.1 Å². The maximum absolute atomic E-state index is 13.5. The number of carbonyl (C=O) groups excluding carboxylic acids is 1. The van der Waals surface area contributed by atoms with Gasteiger partial charge in [-0.2, -0.15) is 9.67 Å². The molecular formula is C11H11FN6O. The van der Waals surface area contributed by atoms with Crippen LogP contribution in [0, 0.1) is 11.2 Å². The zero-order valence-corrected chi connectivity index (χ0v) is 10.0. The van der Waals surface area contributed by atoms with Crippen LogP contribution in [0.15, 0.2) is 24.3 Å². The van der Waals surface area contributed by atoms with Gasteiger partial charge >= 0.3 is 0 Å². The maximum Gasteiger partial charge on any atom is 0.247 e. The lowest BCUT2D eigenvalue weighted by Crippen LogP contribution is -2.31. The second-order valence-corrected chi connectivity index (χ2v) is 3.70. The highest BCUT2D eigenvalue weighted by atomic mass is 19.1. The largest absolute Gasteiger partial charge is 0.380 e. The van der Waals surface area contributed by atoms with Gasteiger partial charge in [-0.3, -0.25) is 10.2 Å². The first-order chi connectivity index (χ1) is 8.99. The van der Waals surface area contributed by atoms with Crippen LogP contribution in [0.25, 0.3) is 0 Å². The van der Waals surface area contributed by atoms with E-state index in [0.29, 0.717) is 0 Å². The normalized spacial score (nSPS) is 10.2. The van der Waals surface area contributed by atoms with Crippen molar-refractivity contribution in [1.82, 2.24) is 14.8 Å². The van der Waals surface area contributed by atoms with E-state index in [1.807, 2.05) is 0 Å². The summed E-state index contributed by atoms with van der Waals surface area (Å²) in [7, 11) is 0. The van der Waals surface area contributed by atoms with Crippen LogP contribution in [-0.2, 0) is 0 Å². The molecule has 7 nitrogen and oxygen atoms in total. The summed E-state index contributed by atoms with van der Waals surface area (Å²) in [6.45, 7) is 1.23. The average Bonchev–Trinajstić information content (AvgIpc) is 2.36. The van der Waals surface area contributed by atoms with Gasteiger partial charge in [-0.1, -0.05) is 12.1 Å². The first kappa shape index (κ1) is 12.7. The van der Waals surface area contributed by atoms with Crippen LogP contribution in [0.4, 0.5) is 21.8 Å². The fraction of sp³-hybridized carbons (Fsp3) is 0.0909. The molecule has 8 heteroatoms. The lowest BCUT2D eigenvalue weighted by Gasteiger charge is -2.08. The van der Waals surface area contributed by atoms with Crippen LogP contribution in [-0.4, -0.2) is 20.7 Å². The van der Waals surface area contributed by atoms with Crippen LogP contribution in [0.2, 0.25) is 0 Å². The number of aromatic nitrogens is 3. The molecule has 0 saturated carbocycles. The minimum atomic E-state index is -0.492. The summed E-state index contributed by atoms with van der Waals surface area (Å²) in [6.07, 6.45) is 0. The van der Waals surface area contributed by atoms with Gasteiger partial charge in [0, 0.05) is 6.92 Å². The molecule has 0 unspecified atom stereocenters. The van der Waals surface area contributed by atoms with Gasteiger partial charge in [-0.25, -0.2) is 4.39 Å². The van der Waals surface area contributed by atoms with Crippen molar-refractivity contribution >= 4 is 23.4 Å². The Labute approximate surface area is 107 Å². The number of anilines is 3. The van der Waals surface area contributed by atoms with Crippen molar-refractivity contribution < 1.29 is 9.18 Å². The molecule has 0 aliphatic heterocycles. The minimum absolute atomic E-state index is 0.0613. The van der Waals surface area contributed by atoms with Crippen molar-refractivity contribution in [3.8, 4) is 0 Å². The molecule has 0 bridgehead atoms. The SMILES string of the molecule is CC(=O)n1nc(Nc2ccccc2F)nc(N)c1=N. The Morgan fingerprint density at radius 3 is 2.79 bits per heavy atom. The Balaban J connectivity index is 2.45. The molecule has 0 aliphatic carbocycles. The number of hydrogen-bond acceptors (Lipinski definition) is 6. The molecule has 19 heavy (non-hydrogen) atoms. The smallest absolute Gasteiger partial charge is 0.247 e. The molecule has 0 fully saturated rings. The second-order valence-electron chi connectivity index (χ2n) is 3.70. The van der Waals surface area contributed by atoms with E-state index >= 15 is 0 Å².